The van der Waals surface area contributed by atoms with Crippen molar-refractivity contribution in [3.05, 3.63) is 93.5 Å². The highest BCUT2D eigenvalue weighted by atomic mass is 35.5. The first-order valence-corrected chi connectivity index (χ1v) is 21.0. The lowest BCUT2D eigenvalue weighted by atomic mass is 9.77. The van der Waals surface area contributed by atoms with Crippen molar-refractivity contribution in [3.8, 4) is 0 Å². The van der Waals surface area contributed by atoms with Crippen molar-refractivity contribution in [2.45, 2.75) is 57.0 Å². The molecule has 0 bridgehead atoms. The molecule has 5 saturated heterocycles. The molecule has 6 aliphatic rings. The summed E-state index contributed by atoms with van der Waals surface area (Å²) < 4.78 is 15.7. The van der Waals surface area contributed by atoms with Gasteiger partial charge in [0.05, 0.1) is 23.4 Å². The molecule has 0 saturated carbocycles. The van der Waals surface area contributed by atoms with Crippen LogP contribution in [0.15, 0.2) is 54.6 Å². The Bertz CT molecular complexity index is 2270. The Balaban J connectivity index is 0.744. The number of piperazine rings is 1. The van der Waals surface area contributed by atoms with E-state index in [0.29, 0.717) is 41.1 Å². The zero-order valence-electron chi connectivity index (χ0n) is 32.8. The molecule has 1 unspecified atom stereocenters. The summed E-state index contributed by atoms with van der Waals surface area (Å²) in [6.45, 7) is 14.7. The molecule has 0 aromatic heterocycles. The number of hydrogen-bond donors (Lipinski definition) is 1. The zero-order valence-corrected chi connectivity index (χ0v) is 33.6. The van der Waals surface area contributed by atoms with Crippen LogP contribution in [-0.4, -0.2) is 122 Å². The second kappa shape index (κ2) is 15.6. The summed E-state index contributed by atoms with van der Waals surface area (Å²) in [6.07, 6.45) is 4.95. The van der Waals surface area contributed by atoms with E-state index in [9.17, 15) is 24.0 Å². The molecule has 0 aliphatic carbocycles. The van der Waals surface area contributed by atoms with Crippen LogP contribution < -0.4 is 20.0 Å². The van der Waals surface area contributed by atoms with Crippen LogP contribution >= 0.6 is 11.6 Å². The third-order valence-electron chi connectivity index (χ3n) is 13.6. The van der Waals surface area contributed by atoms with Gasteiger partial charge in [-0.25, -0.2) is 9.24 Å². The minimum atomic E-state index is -0.995. The Morgan fingerprint density at radius 2 is 1.44 bits per heavy atom. The Hall–Kier alpha value is -5.52. The van der Waals surface area contributed by atoms with Crippen LogP contribution in [0.25, 0.3) is 4.85 Å². The smallest absolute Gasteiger partial charge is 0.262 e. The van der Waals surface area contributed by atoms with Gasteiger partial charge < -0.3 is 19.6 Å². The normalized spacial score (nSPS) is 22.6. The van der Waals surface area contributed by atoms with Crippen molar-refractivity contribution in [3.63, 3.8) is 0 Å². The van der Waals surface area contributed by atoms with Crippen molar-refractivity contribution in [1.82, 2.24) is 20.0 Å². The predicted octanol–water partition coefficient (Wildman–Crippen LogP) is 5.35. The van der Waals surface area contributed by atoms with Crippen LogP contribution in [0.2, 0.25) is 5.02 Å². The molecule has 3 aromatic rings. The van der Waals surface area contributed by atoms with Crippen LogP contribution in [0.4, 0.5) is 27.1 Å². The standard InChI is InChI=1S/C44H46ClFN8O5/c1-47-36-6-4-31(26-34(36)45)53-19-14-44(27-53)12-17-51(18-13-44)37-7-2-28(24-35(37)46)41(57)52-22-20-50(21-23-52)29-10-15-49(16-11-29)30-3-5-32-33(25-30)43(59)54(42(32)58)38-8-9-39(55)48-40(38)56/h2-7,24-26,29,38H,8-23,27H2,(H,48,55,56). The lowest BCUT2D eigenvalue weighted by molar-refractivity contribution is -0.136. The van der Waals surface area contributed by atoms with Crippen molar-refractivity contribution in [1.29, 1.82) is 0 Å². The van der Waals surface area contributed by atoms with Gasteiger partial charge >= 0.3 is 0 Å². The van der Waals surface area contributed by atoms with E-state index >= 15 is 4.39 Å². The van der Waals surface area contributed by atoms with E-state index in [-0.39, 0.29) is 41.1 Å². The summed E-state index contributed by atoms with van der Waals surface area (Å²) in [5.41, 5.74) is 3.95. The van der Waals surface area contributed by atoms with Crippen LogP contribution in [0.3, 0.4) is 0 Å². The summed E-state index contributed by atoms with van der Waals surface area (Å²) in [5, 5.41) is 2.71. The molecular weight excluding hydrogens is 775 g/mol. The molecule has 0 radical (unpaired) electrons. The molecule has 5 fully saturated rings. The van der Waals surface area contributed by atoms with Crippen LogP contribution in [-0.2, 0) is 9.59 Å². The largest absolute Gasteiger partial charge is 0.371 e. The summed E-state index contributed by atoms with van der Waals surface area (Å²) in [4.78, 5) is 79.5. The van der Waals surface area contributed by atoms with Crippen LogP contribution in [0.5, 0.6) is 0 Å². The third-order valence-corrected chi connectivity index (χ3v) is 13.9. The molecule has 6 aliphatic heterocycles. The molecule has 1 spiro atoms. The van der Waals surface area contributed by atoms with E-state index in [4.69, 9.17) is 18.2 Å². The van der Waals surface area contributed by atoms with E-state index in [1.54, 1.807) is 30.3 Å². The van der Waals surface area contributed by atoms with Crippen molar-refractivity contribution in [2.75, 3.05) is 80.1 Å². The number of amides is 5. The Morgan fingerprint density at radius 3 is 2.12 bits per heavy atom. The topological polar surface area (TPSA) is 121 Å². The SMILES string of the molecule is [C-]#[N+]c1ccc(N2CCC3(CCN(c4ccc(C(=O)N5CCN(C6CCN(c7ccc8c(c7)C(=O)N(C7CCC(=O)NC7=O)C8=O)CC6)CC5)cc4F)CC3)C2)cc1Cl. The fourth-order valence-corrected chi connectivity index (χ4v) is 10.3. The molecule has 15 heteroatoms. The van der Waals surface area contributed by atoms with Gasteiger partial charge in [0, 0.05) is 99.9 Å². The van der Waals surface area contributed by atoms with Gasteiger partial charge in [-0.15, -0.1) is 0 Å². The molecule has 1 N–H and O–H groups in total. The lowest BCUT2D eigenvalue weighted by Gasteiger charge is -2.43. The van der Waals surface area contributed by atoms with E-state index in [0.717, 1.165) is 101 Å². The monoisotopic (exact) mass is 820 g/mol. The number of nitrogens with one attached hydrogen (secondary N) is 1. The first-order valence-electron chi connectivity index (χ1n) is 20.6. The van der Waals surface area contributed by atoms with Gasteiger partial charge in [0.25, 0.3) is 17.7 Å². The van der Waals surface area contributed by atoms with Gasteiger partial charge in [0.15, 0.2) is 0 Å². The maximum Gasteiger partial charge on any atom is 0.262 e. The van der Waals surface area contributed by atoms with Gasteiger partial charge in [0.1, 0.15) is 11.9 Å². The molecule has 306 valence electrons. The molecule has 59 heavy (non-hydrogen) atoms. The highest BCUT2D eigenvalue weighted by molar-refractivity contribution is 6.33. The Morgan fingerprint density at radius 1 is 0.763 bits per heavy atom. The number of rotatable bonds is 6. The van der Waals surface area contributed by atoms with Gasteiger partial charge in [-0.2, -0.15) is 0 Å². The van der Waals surface area contributed by atoms with Crippen LogP contribution in [0.1, 0.15) is 76.0 Å². The lowest BCUT2D eigenvalue weighted by Crippen LogP contribution is -2.54. The second-order valence-electron chi connectivity index (χ2n) is 16.8. The average molecular weight is 821 g/mol. The fraction of sp³-hybridized carbons (Fsp3) is 0.455. The number of anilines is 3. The molecule has 5 amide bonds. The number of fused-ring (bicyclic) bond motifs is 1. The maximum atomic E-state index is 15.7. The minimum absolute atomic E-state index is 0.0754. The number of nitrogens with zero attached hydrogens (tertiary/aromatic N) is 7. The van der Waals surface area contributed by atoms with Crippen molar-refractivity contribution >= 4 is 63.9 Å². The van der Waals surface area contributed by atoms with E-state index in [1.165, 1.54) is 6.07 Å². The van der Waals surface area contributed by atoms with E-state index in [2.05, 4.69) is 29.8 Å². The third kappa shape index (κ3) is 7.29. The number of carbonyl (C=O) groups is 5. The van der Waals surface area contributed by atoms with E-state index < -0.39 is 29.7 Å². The molecule has 3 aromatic carbocycles. The van der Waals surface area contributed by atoms with Crippen LogP contribution in [0, 0.1) is 17.8 Å². The molecule has 9 rings (SSSR count). The second-order valence-corrected chi connectivity index (χ2v) is 17.2. The summed E-state index contributed by atoms with van der Waals surface area (Å²) in [6, 6.07) is 15.1. The Labute approximate surface area is 347 Å². The fourth-order valence-electron chi connectivity index (χ4n) is 10.1. The van der Waals surface area contributed by atoms with E-state index in [1.807, 2.05) is 23.1 Å². The molecule has 13 nitrogen and oxygen atoms in total. The Kier molecular flexibility index (Phi) is 10.3. The number of benzene rings is 3. The highest BCUT2D eigenvalue weighted by Gasteiger charge is 2.45. The minimum Gasteiger partial charge on any atom is -0.371 e. The highest BCUT2D eigenvalue weighted by Crippen LogP contribution is 2.44. The van der Waals surface area contributed by atoms with Gasteiger partial charge in [-0.3, -0.25) is 39.1 Å². The molecule has 1 atom stereocenters. The number of carbonyl (C=O) groups excluding carboxylic acids is 5. The maximum absolute atomic E-state index is 15.7. The number of piperidine rings is 3. The number of hydrogen-bond acceptors (Lipinski definition) is 9. The first-order chi connectivity index (χ1) is 28.5. The quantitative estimate of drug-likeness (QED) is 0.259. The number of halogens is 2. The summed E-state index contributed by atoms with van der Waals surface area (Å²) in [5.74, 6) is -2.58. The van der Waals surface area contributed by atoms with Gasteiger partial charge in [-0.05, 0) is 92.5 Å². The average Bonchev–Trinajstić information content (AvgIpc) is 3.78. The zero-order chi connectivity index (χ0) is 41.0. The van der Waals surface area contributed by atoms with Crippen molar-refractivity contribution < 1.29 is 28.4 Å². The van der Waals surface area contributed by atoms with Gasteiger partial charge in [-0.1, -0.05) is 17.7 Å². The molecular formula is C44H46ClFN8O5. The van der Waals surface area contributed by atoms with Gasteiger partial charge in [0.2, 0.25) is 17.5 Å². The predicted molar refractivity (Wildman–Crippen MR) is 221 cm³/mol. The van der Waals surface area contributed by atoms with Crippen molar-refractivity contribution in [2.24, 2.45) is 5.41 Å². The summed E-state index contributed by atoms with van der Waals surface area (Å²) in [7, 11) is 0. The first kappa shape index (κ1) is 39.0. The summed E-state index contributed by atoms with van der Waals surface area (Å²) >= 11 is 6.32. The molecule has 6 heterocycles. The number of imide groups is 2.